The minimum Gasteiger partial charge on any atom is -0.381 e. The Morgan fingerprint density at radius 1 is 1.47 bits per heavy atom. The Balaban J connectivity index is 2.29. The van der Waals surface area contributed by atoms with Crippen molar-refractivity contribution in [2.24, 2.45) is 0 Å². The molecular formula is C11H12F2N4. The van der Waals surface area contributed by atoms with Gasteiger partial charge in [0.25, 0.3) is 0 Å². The minimum absolute atomic E-state index is 0.0432. The summed E-state index contributed by atoms with van der Waals surface area (Å²) in [6, 6.07) is 2.92. The van der Waals surface area contributed by atoms with Crippen molar-refractivity contribution >= 4 is 11.6 Å². The summed E-state index contributed by atoms with van der Waals surface area (Å²) in [5, 5.41) is 8.56. The number of anilines is 2. The zero-order chi connectivity index (χ0) is 12.4. The number of rotatable bonds is 4. The van der Waals surface area contributed by atoms with Crippen LogP contribution in [0.4, 0.5) is 20.4 Å². The van der Waals surface area contributed by atoms with Gasteiger partial charge in [-0.3, -0.25) is 0 Å². The van der Waals surface area contributed by atoms with Gasteiger partial charge >= 0.3 is 0 Å². The predicted molar refractivity (Wildman–Crippen MR) is 59.2 cm³/mol. The van der Waals surface area contributed by atoms with E-state index in [-0.39, 0.29) is 24.1 Å². The Labute approximate surface area is 97.7 Å². The third-order valence-electron chi connectivity index (χ3n) is 2.66. The van der Waals surface area contributed by atoms with E-state index in [4.69, 9.17) is 11.0 Å². The number of nitrogen functional groups attached to an aromatic ring is 1. The average molecular weight is 238 g/mol. The second kappa shape index (κ2) is 4.53. The lowest BCUT2D eigenvalue weighted by molar-refractivity contribution is 0.569. The fourth-order valence-corrected chi connectivity index (χ4v) is 1.69. The third-order valence-corrected chi connectivity index (χ3v) is 2.66. The van der Waals surface area contributed by atoms with E-state index in [1.165, 1.54) is 0 Å². The Hall–Kier alpha value is -1.90. The van der Waals surface area contributed by atoms with E-state index in [2.05, 4.69) is 4.98 Å². The zero-order valence-electron chi connectivity index (χ0n) is 9.16. The molecule has 4 nitrogen and oxygen atoms in total. The molecular weight excluding hydrogens is 226 g/mol. The van der Waals surface area contributed by atoms with E-state index < -0.39 is 11.6 Å². The Morgan fingerprint density at radius 3 is 2.76 bits per heavy atom. The molecule has 0 atom stereocenters. The number of halogens is 2. The molecule has 0 unspecified atom stereocenters. The van der Waals surface area contributed by atoms with Crippen molar-refractivity contribution in [1.82, 2.24) is 4.98 Å². The normalized spacial score (nSPS) is 14.4. The molecule has 1 heterocycles. The molecule has 2 N–H and O–H groups in total. The maximum absolute atomic E-state index is 13.6. The highest BCUT2D eigenvalue weighted by Crippen LogP contribution is 2.32. The van der Waals surface area contributed by atoms with Gasteiger partial charge in [0.1, 0.15) is 0 Å². The van der Waals surface area contributed by atoms with Crippen molar-refractivity contribution < 1.29 is 8.78 Å². The first-order chi connectivity index (χ1) is 8.13. The van der Waals surface area contributed by atoms with Crippen LogP contribution in [-0.2, 0) is 0 Å². The first-order valence-electron chi connectivity index (χ1n) is 5.38. The highest BCUT2D eigenvalue weighted by atomic mass is 19.1. The lowest BCUT2D eigenvalue weighted by Crippen LogP contribution is -2.29. The van der Waals surface area contributed by atoms with E-state index in [9.17, 15) is 8.78 Å². The number of pyridine rings is 1. The largest absolute Gasteiger partial charge is 0.381 e. The molecule has 17 heavy (non-hydrogen) atoms. The van der Waals surface area contributed by atoms with Crippen molar-refractivity contribution in [1.29, 1.82) is 5.26 Å². The van der Waals surface area contributed by atoms with Crippen LogP contribution < -0.4 is 10.6 Å². The Kier molecular flexibility index (Phi) is 3.09. The average Bonchev–Trinajstić information content (AvgIpc) is 3.10. The molecule has 1 aliphatic carbocycles. The summed E-state index contributed by atoms with van der Waals surface area (Å²) in [4.78, 5) is 5.42. The van der Waals surface area contributed by atoms with Gasteiger partial charge in [-0.05, 0) is 12.8 Å². The van der Waals surface area contributed by atoms with E-state index in [1.807, 2.05) is 6.07 Å². The quantitative estimate of drug-likeness (QED) is 0.868. The maximum atomic E-state index is 13.6. The molecule has 0 spiro atoms. The van der Waals surface area contributed by atoms with Crippen LogP contribution in [-0.4, -0.2) is 17.6 Å². The molecule has 2 rings (SSSR count). The molecule has 0 bridgehead atoms. The second-order valence-corrected chi connectivity index (χ2v) is 3.99. The summed E-state index contributed by atoms with van der Waals surface area (Å²) in [7, 11) is 0. The number of nitriles is 1. The van der Waals surface area contributed by atoms with Crippen LogP contribution in [0.1, 0.15) is 19.3 Å². The van der Waals surface area contributed by atoms with Gasteiger partial charge in [0.2, 0.25) is 0 Å². The van der Waals surface area contributed by atoms with E-state index in [0.29, 0.717) is 6.54 Å². The van der Waals surface area contributed by atoms with Crippen LogP contribution in [0.15, 0.2) is 6.07 Å². The first kappa shape index (κ1) is 11.6. The molecule has 0 saturated heterocycles. The van der Waals surface area contributed by atoms with Crippen LogP contribution in [0.2, 0.25) is 0 Å². The van der Waals surface area contributed by atoms with Crippen LogP contribution in [0, 0.1) is 23.0 Å². The highest BCUT2D eigenvalue weighted by molar-refractivity contribution is 5.49. The number of aromatic nitrogens is 1. The molecule has 0 radical (unpaired) electrons. The summed E-state index contributed by atoms with van der Waals surface area (Å²) in [6.07, 6.45) is 2.14. The van der Waals surface area contributed by atoms with Crippen molar-refractivity contribution in [3.63, 3.8) is 0 Å². The van der Waals surface area contributed by atoms with Gasteiger partial charge in [-0.15, -0.1) is 0 Å². The molecule has 1 aliphatic rings. The second-order valence-electron chi connectivity index (χ2n) is 3.99. The van der Waals surface area contributed by atoms with Crippen LogP contribution >= 0.6 is 0 Å². The molecule has 1 aromatic heterocycles. The topological polar surface area (TPSA) is 65.9 Å². The maximum Gasteiger partial charge on any atom is 0.168 e. The predicted octanol–water partition coefficient (Wildman–Crippen LogP) is 1.82. The minimum atomic E-state index is -0.859. The number of hydrogen-bond donors (Lipinski definition) is 1. The highest BCUT2D eigenvalue weighted by Gasteiger charge is 2.31. The van der Waals surface area contributed by atoms with Crippen molar-refractivity contribution in [3.05, 3.63) is 17.7 Å². The van der Waals surface area contributed by atoms with Crippen LogP contribution in [0.5, 0.6) is 0 Å². The SMILES string of the molecule is N#CCCN(c1nc(N)c(F)cc1F)C1CC1. The molecule has 0 aromatic carbocycles. The van der Waals surface area contributed by atoms with Gasteiger partial charge in [0.15, 0.2) is 23.3 Å². The van der Waals surface area contributed by atoms with E-state index in [1.54, 1.807) is 4.90 Å². The molecule has 0 amide bonds. The summed E-state index contributed by atoms with van der Waals surface area (Å²) in [6.45, 7) is 0.385. The summed E-state index contributed by atoms with van der Waals surface area (Å²) < 4.78 is 26.6. The number of nitrogens with two attached hydrogens (primary N) is 1. The number of nitrogens with zero attached hydrogens (tertiary/aromatic N) is 3. The van der Waals surface area contributed by atoms with Gasteiger partial charge in [-0.25, -0.2) is 13.8 Å². The van der Waals surface area contributed by atoms with Gasteiger partial charge in [0.05, 0.1) is 12.5 Å². The van der Waals surface area contributed by atoms with Crippen molar-refractivity contribution in [3.8, 4) is 6.07 Å². The summed E-state index contributed by atoms with van der Waals surface area (Å²) in [5.41, 5.74) is 5.33. The Morgan fingerprint density at radius 2 is 2.18 bits per heavy atom. The summed E-state index contributed by atoms with van der Waals surface area (Å²) in [5.74, 6) is -1.87. The van der Waals surface area contributed by atoms with Crippen LogP contribution in [0.25, 0.3) is 0 Å². The Bertz CT molecular complexity index is 465. The van der Waals surface area contributed by atoms with Gasteiger partial charge in [0, 0.05) is 18.7 Å². The van der Waals surface area contributed by atoms with Gasteiger partial charge in [-0.1, -0.05) is 0 Å². The van der Waals surface area contributed by atoms with Gasteiger partial charge in [-0.2, -0.15) is 5.26 Å². The number of hydrogen-bond acceptors (Lipinski definition) is 4. The fourth-order valence-electron chi connectivity index (χ4n) is 1.69. The lowest BCUT2D eigenvalue weighted by Gasteiger charge is -2.23. The fraction of sp³-hybridized carbons (Fsp3) is 0.455. The van der Waals surface area contributed by atoms with E-state index in [0.717, 1.165) is 18.9 Å². The molecule has 1 aromatic rings. The first-order valence-corrected chi connectivity index (χ1v) is 5.38. The molecule has 6 heteroatoms. The monoisotopic (exact) mass is 238 g/mol. The molecule has 90 valence electrons. The van der Waals surface area contributed by atoms with Crippen molar-refractivity contribution in [2.45, 2.75) is 25.3 Å². The standard InChI is InChI=1S/C11H12F2N4/c12-8-6-9(13)11(16-10(8)15)17(5-1-4-14)7-2-3-7/h6-7H,1-3,5H2,(H2,15,16). The lowest BCUT2D eigenvalue weighted by atomic mass is 10.3. The molecule has 1 fully saturated rings. The smallest absolute Gasteiger partial charge is 0.168 e. The van der Waals surface area contributed by atoms with Crippen LogP contribution in [0.3, 0.4) is 0 Å². The molecule has 0 aliphatic heterocycles. The van der Waals surface area contributed by atoms with Gasteiger partial charge < -0.3 is 10.6 Å². The van der Waals surface area contributed by atoms with Crippen molar-refractivity contribution in [2.75, 3.05) is 17.2 Å². The third kappa shape index (κ3) is 2.44. The molecule has 1 saturated carbocycles. The van der Waals surface area contributed by atoms with E-state index >= 15 is 0 Å². The summed E-state index contributed by atoms with van der Waals surface area (Å²) >= 11 is 0. The zero-order valence-corrected chi connectivity index (χ0v) is 9.16.